The summed E-state index contributed by atoms with van der Waals surface area (Å²) in [5, 5.41) is 1.13. The van der Waals surface area contributed by atoms with Crippen molar-refractivity contribution in [2.75, 3.05) is 0 Å². The molecule has 19 heavy (non-hydrogen) atoms. The molecule has 0 fully saturated rings. The van der Waals surface area contributed by atoms with Crippen LogP contribution in [0, 0.1) is 11.6 Å². The number of benzene rings is 2. The fourth-order valence-electron chi connectivity index (χ4n) is 1.61. The summed E-state index contributed by atoms with van der Waals surface area (Å²) in [5.41, 5.74) is 0.738. The first-order valence-electron chi connectivity index (χ1n) is 5.52. The Kier molecular flexibility index (Phi) is 4.77. The largest absolute Gasteiger partial charge is 0.488 e. The molecule has 0 aliphatic carbocycles. The molecule has 1 nitrogen and oxygen atoms in total. The maximum atomic E-state index is 13.4. The van der Waals surface area contributed by atoms with Crippen molar-refractivity contribution < 1.29 is 13.5 Å². The van der Waals surface area contributed by atoms with Gasteiger partial charge < -0.3 is 4.74 Å². The molecule has 0 aromatic heterocycles. The van der Waals surface area contributed by atoms with Crippen molar-refractivity contribution in [3.63, 3.8) is 0 Å². The predicted octanol–water partition coefficient (Wildman–Crippen LogP) is 5.09. The first-order chi connectivity index (χ1) is 9.11. The smallest absolute Gasteiger partial charge is 0.132 e. The topological polar surface area (TPSA) is 9.23 Å². The average molecular weight is 348 g/mol. The van der Waals surface area contributed by atoms with Gasteiger partial charge in [0, 0.05) is 15.9 Å². The SMILES string of the molecule is Fc1cccc(F)c1COc1ccc(Cl)cc1CBr. The van der Waals surface area contributed by atoms with E-state index in [9.17, 15) is 8.78 Å². The van der Waals surface area contributed by atoms with Crippen molar-refractivity contribution in [2.45, 2.75) is 11.9 Å². The van der Waals surface area contributed by atoms with Crippen LogP contribution in [0.3, 0.4) is 0 Å². The number of ether oxygens (including phenoxy) is 1. The lowest BCUT2D eigenvalue weighted by Gasteiger charge is -2.11. The van der Waals surface area contributed by atoms with Crippen molar-refractivity contribution in [3.8, 4) is 5.75 Å². The Balaban J connectivity index is 2.19. The highest BCUT2D eigenvalue weighted by Crippen LogP contribution is 2.26. The molecule has 0 spiro atoms. The van der Waals surface area contributed by atoms with E-state index in [-0.39, 0.29) is 12.2 Å². The van der Waals surface area contributed by atoms with Crippen molar-refractivity contribution in [1.82, 2.24) is 0 Å². The maximum absolute atomic E-state index is 13.4. The lowest BCUT2D eigenvalue weighted by Crippen LogP contribution is -2.03. The normalized spacial score (nSPS) is 10.5. The Morgan fingerprint density at radius 3 is 2.42 bits per heavy atom. The van der Waals surface area contributed by atoms with E-state index in [4.69, 9.17) is 16.3 Å². The third-order valence-corrected chi connectivity index (χ3v) is 3.44. The molecule has 100 valence electrons. The highest BCUT2D eigenvalue weighted by molar-refractivity contribution is 9.08. The second-order valence-electron chi connectivity index (χ2n) is 3.87. The van der Waals surface area contributed by atoms with Gasteiger partial charge in [-0.2, -0.15) is 0 Å². The van der Waals surface area contributed by atoms with Crippen molar-refractivity contribution >= 4 is 27.5 Å². The summed E-state index contributed by atoms with van der Waals surface area (Å²) in [6, 6.07) is 8.81. The molecule has 2 aromatic carbocycles. The summed E-state index contributed by atoms with van der Waals surface area (Å²) < 4.78 is 32.4. The summed E-state index contributed by atoms with van der Waals surface area (Å²) in [6.07, 6.45) is 0. The van der Waals surface area contributed by atoms with Crippen LogP contribution in [0.5, 0.6) is 5.75 Å². The third-order valence-electron chi connectivity index (χ3n) is 2.60. The van der Waals surface area contributed by atoms with Crippen molar-refractivity contribution in [3.05, 3.63) is 64.2 Å². The molecule has 0 amide bonds. The average Bonchev–Trinajstić information content (AvgIpc) is 2.39. The van der Waals surface area contributed by atoms with Crippen LogP contribution in [0.25, 0.3) is 0 Å². The van der Waals surface area contributed by atoms with Gasteiger partial charge in [0.25, 0.3) is 0 Å². The van der Waals surface area contributed by atoms with Gasteiger partial charge in [-0.3, -0.25) is 0 Å². The van der Waals surface area contributed by atoms with Crippen LogP contribution >= 0.6 is 27.5 Å². The van der Waals surface area contributed by atoms with Gasteiger partial charge in [0.05, 0.1) is 5.56 Å². The van der Waals surface area contributed by atoms with E-state index in [1.807, 2.05) is 0 Å². The Hall–Kier alpha value is -1.13. The molecule has 0 N–H and O–H groups in total. The summed E-state index contributed by atoms with van der Waals surface area (Å²) in [4.78, 5) is 0. The molecule has 0 saturated heterocycles. The number of alkyl halides is 1. The minimum Gasteiger partial charge on any atom is -0.488 e. The molecular formula is C14H10BrClF2O. The zero-order valence-electron chi connectivity index (χ0n) is 9.80. The molecule has 0 atom stereocenters. The second kappa shape index (κ2) is 6.35. The molecule has 0 radical (unpaired) electrons. The molecule has 0 heterocycles. The minimum atomic E-state index is -0.616. The van der Waals surface area contributed by atoms with Gasteiger partial charge in [-0.25, -0.2) is 8.78 Å². The van der Waals surface area contributed by atoms with Gasteiger partial charge in [-0.1, -0.05) is 33.6 Å². The molecular weight excluding hydrogens is 338 g/mol. The Bertz CT molecular complexity index is 569. The standard InChI is InChI=1S/C14H10BrClF2O/c15-7-9-6-10(16)4-5-14(9)19-8-11-12(17)2-1-3-13(11)18/h1-6H,7-8H2. The predicted molar refractivity (Wildman–Crippen MR) is 74.8 cm³/mol. The fourth-order valence-corrected chi connectivity index (χ4v) is 2.25. The number of hydrogen-bond acceptors (Lipinski definition) is 1. The highest BCUT2D eigenvalue weighted by Gasteiger charge is 2.10. The van der Waals surface area contributed by atoms with Gasteiger partial charge >= 0.3 is 0 Å². The first kappa shape index (κ1) is 14.3. The zero-order chi connectivity index (χ0) is 13.8. The lowest BCUT2D eigenvalue weighted by atomic mass is 10.2. The fraction of sp³-hybridized carbons (Fsp3) is 0.143. The Morgan fingerprint density at radius 1 is 1.11 bits per heavy atom. The zero-order valence-corrected chi connectivity index (χ0v) is 12.1. The molecule has 0 bridgehead atoms. The number of rotatable bonds is 4. The quantitative estimate of drug-likeness (QED) is 0.700. The van der Waals surface area contributed by atoms with Crippen molar-refractivity contribution in [1.29, 1.82) is 0 Å². The molecule has 2 rings (SSSR count). The van der Waals surface area contributed by atoms with Gasteiger partial charge in [0.2, 0.25) is 0 Å². The molecule has 5 heteroatoms. The lowest BCUT2D eigenvalue weighted by molar-refractivity contribution is 0.290. The van der Waals surface area contributed by atoms with Crippen molar-refractivity contribution in [2.24, 2.45) is 0 Å². The summed E-state index contributed by atoms with van der Waals surface area (Å²) >= 11 is 9.18. The van der Waals surface area contributed by atoms with E-state index < -0.39 is 11.6 Å². The summed E-state index contributed by atoms with van der Waals surface area (Å²) in [7, 11) is 0. The van der Waals surface area contributed by atoms with Crippen LogP contribution in [-0.2, 0) is 11.9 Å². The molecule has 0 aliphatic heterocycles. The van der Waals surface area contributed by atoms with Crippen LogP contribution < -0.4 is 4.74 Å². The van der Waals surface area contributed by atoms with Gasteiger partial charge in [0.15, 0.2) is 0 Å². The highest BCUT2D eigenvalue weighted by atomic mass is 79.9. The third kappa shape index (κ3) is 3.45. The van der Waals surface area contributed by atoms with E-state index in [0.29, 0.717) is 16.1 Å². The number of halogens is 4. The molecule has 0 unspecified atom stereocenters. The van der Waals surface area contributed by atoms with E-state index in [1.165, 1.54) is 18.2 Å². The second-order valence-corrected chi connectivity index (χ2v) is 4.87. The Morgan fingerprint density at radius 2 is 1.79 bits per heavy atom. The molecule has 0 saturated carbocycles. The van der Waals surface area contributed by atoms with E-state index in [2.05, 4.69) is 15.9 Å². The maximum Gasteiger partial charge on any atom is 0.132 e. The van der Waals surface area contributed by atoms with Crippen LogP contribution in [0.1, 0.15) is 11.1 Å². The van der Waals surface area contributed by atoms with Crippen LogP contribution in [0.4, 0.5) is 8.78 Å². The summed E-state index contributed by atoms with van der Waals surface area (Å²) in [5.74, 6) is -0.687. The molecule has 2 aromatic rings. The number of hydrogen-bond donors (Lipinski definition) is 0. The first-order valence-corrected chi connectivity index (χ1v) is 7.02. The molecule has 0 aliphatic rings. The van der Waals surface area contributed by atoms with Crippen LogP contribution in [-0.4, -0.2) is 0 Å². The van der Waals surface area contributed by atoms with E-state index >= 15 is 0 Å². The van der Waals surface area contributed by atoms with Gasteiger partial charge in [-0.15, -0.1) is 0 Å². The summed E-state index contributed by atoms with van der Waals surface area (Å²) in [6.45, 7) is -0.167. The monoisotopic (exact) mass is 346 g/mol. The van der Waals surface area contributed by atoms with Crippen LogP contribution in [0.2, 0.25) is 5.02 Å². The van der Waals surface area contributed by atoms with E-state index in [1.54, 1.807) is 18.2 Å². The van der Waals surface area contributed by atoms with E-state index in [0.717, 1.165) is 5.56 Å². The van der Waals surface area contributed by atoms with Gasteiger partial charge in [-0.05, 0) is 30.3 Å². The van der Waals surface area contributed by atoms with Crippen LogP contribution in [0.15, 0.2) is 36.4 Å². The minimum absolute atomic E-state index is 0.0852. The Labute approximate surface area is 123 Å². The van der Waals surface area contributed by atoms with Gasteiger partial charge in [0.1, 0.15) is 24.0 Å².